The van der Waals surface area contributed by atoms with Crippen molar-refractivity contribution in [2.24, 2.45) is 0 Å². The molecular formula is C14H24N4O. The second kappa shape index (κ2) is 5.90. The van der Waals surface area contributed by atoms with Gasteiger partial charge in [-0.15, -0.1) is 0 Å². The van der Waals surface area contributed by atoms with Crippen molar-refractivity contribution in [3.8, 4) is 0 Å². The average Bonchev–Trinajstić information content (AvgIpc) is 2.98. The van der Waals surface area contributed by atoms with Crippen LogP contribution in [0, 0.1) is 0 Å². The Bertz CT molecular complexity index is 400. The van der Waals surface area contributed by atoms with Crippen molar-refractivity contribution in [2.75, 3.05) is 25.0 Å². The predicted octanol–water partition coefficient (Wildman–Crippen LogP) is 2.31. The summed E-state index contributed by atoms with van der Waals surface area (Å²) >= 11 is 0. The van der Waals surface area contributed by atoms with Crippen molar-refractivity contribution in [1.29, 1.82) is 0 Å². The SMILES string of the molecule is CNC1CCCCC1c1nc(N2CCCCC2)no1. The van der Waals surface area contributed by atoms with Gasteiger partial charge in [0.25, 0.3) is 5.95 Å². The van der Waals surface area contributed by atoms with E-state index in [2.05, 4.69) is 20.4 Å². The molecule has 3 rings (SSSR count). The summed E-state index contributed by atoms with van der Waals surface area (Å²) in [7, 11) is 2.03. The summed E-state index contributed by atoms with van der Waals surface area (Å²) in [6.07, 6.45) is 8.75. The zero-order chi connectivity index (χ0) is 13.1. The zero-order valence-corrected chi connectivity index (χ0v) is 11.8. The lowest BCUT2D eigenvalue weighted by Crippen LogP contribution is -2.35. The molecule has 1 aromatic heterocycles. The Morgan fingerprint density at radius 1 is 1.11 bits per heavy atom. The van der Waals surface area contributed by atoms with E-state index in [1.807, 2.05) is 7.05 Å². The van der Waals surface area contributed by atoms with Crippen LogP contribution in [0.2, 0.25) is 0 Å². The molecule has 5 heteroatoms. The quantitative estimate of drug-likeness (QED) is 0.908. The lowest BCUT2D eigenvalue weighted by atomic mass is 9.84. The largest absolute Gasteiger partial charge is 0.338 e. The first kappa shape index (κ1) is 12.9. The first-order valence-corrected chi connectivity index (χ1v) is 7.64. The standard InChI is InChI=1S/C14H24N4O/c1-15-12-8-4-3-7-11(12)13-16-14(17-19-13)18-9-5-2-6-10-18/h11-12,15H,2-10H2,1H3. The summed E-state index contributed by atoms with van der Waals surface area (Å²) in [5, 5.41) is 7.60. The van der Waals surface area contributed by atoms with E-state index in [4.69, 9.17) is 4.52 Å². The van der Waals surface area contributed by atoms with Gasteiger partial charge >= 0.3 is 0 Å². The molecule has 2 fully saturated rings. The molecule has 0 bridgehead atoms. The van der Waals surface area contributed by atoms with Crippen LogP contribution in [0.15, 0.2) is 4.52 Å². The van der Waals surface area contributed by atoms with Crippen molar-refractivity contribution in [2.45, 2.75) is 56.9 Å². The van der Waals surface area contributed by atoms with Crippen molar-refractivity contribution < 1.29 is 4.52 Å². The highest BCUT2D eigenvalue weighted by molar-refractivity contribution is 5.28. The molecule has 1 aliphatic carbocycles. The molecule has 19 heavy (non-hydrogen) atoms. The minimum absolute atomic E-state index is 0.393. The third kappa shape index (κ3) is 2.76. The average molecular weight is 264 g/mol. The molecule has 0 amide bonds. The highest BCUT2D eigenvalue weighted by atomic mass is 16.5. The van der Waals surface area contributed by atoms with Crippen molar-refractivity contribution in [3.63, 3.8) is 0 Å². The van der Waals surface area contributed by atoms with E-state index < -0.39 is 0 Å². The minimum atomic E-state index is 0.393. The van der Waals surface area contributed by atoms with Crippen LogP contribution in [-0.2, 0) is 0 Å². The molecule has 1 saturated heterocycles. The second-order valence-corrected chi connectivity index (χ2v) is 5.77. The number of nitrogens with zero attached hydrogens (tertiary/aromatic N) is 3. The van der Waals surface area contributed by atoms with Crippen molar-refractivity contribution in [1.82, 2.24) is 15.5 Å². The summed E-state index contributed by atoms with van der Waals surface area (Å²) in [5.41, 5.74) is 0. The maximum absolute atomic E-state index is 5.55. The molecule has 0 radical (unpaired) electrons. The highest BCUT2D eigenvalue weighted by Crippen LogP contribution is 2.33. The van der Waals surface area contributed by atoms with Crippen LogP contribution in [0.4, 0.5) is 5.95 Å². The summed E-state index contributed by atoms with van der Waals surface area (Å²) in [4.78, 5) is 6.92. The molecule has 1 N–H and O–H groups in total. The Morgan fingerprint density at radius 2 is 1.89 bits per heavy atom. The van der Waals surface area contributed by atoms with Gasteiger partial charge in [-0.1, -0.05) is 12.8 Å². The highest BCUT2D eigenvalue weighted by Gasteiger charge is 2.30. The summed E-state index contributed by atoms with van der Waals surface area (Å²) < 4.78 is 5.55. The van der Waals surface area contributed by atoms with Gasteiger partial charge in [0.1, 0.15) is 0 Å². The maximum atomic E-state index is 5.55. The first-order chi connectivity index (χ1) is 9.38. The zero-order valence-electron chi connectivity index (χ0n) is 11.8. The number of anilines is 1. The van der Waals surface area contributed by atoms with Crippen molar-refractivity contribution in [3.05, 3.63) is 5.89 Å². The molecule has 106 valence electrons. The van der Waals surface area contributed by atoms with Crippen LogP contribution < -0.4 is 10.2 Å². The van der Waals surface area contributed by atoms with Crippen LogP contribution in [0.1, 0.15) is 56.8 Å². The van der Waals surface area contributed by atoms with Crippen LogP contribution >= 0.6 is 0 Å². The molecular weight excluding hydrogens is 240 g/mol. The fourth-order valence-corrected chi connectivity index (χ4v) is 3.37. The van der Waals surface area contributed by atoms with Crippen LogP contribution in [0.3, 0.4) is 0 Å². The molecule has 1 aromatic rings. The van der Waals surface area contributed by atoms with E-state index in [1.54, 1.807) is 0 Å². The number of hydrogen-bond acceptors (Lipinski definition) is 5. The van der Waals surface area contributed by atoms with Crippen molar-refractivity contribution >= 4 is 5.95 Å². The summed E-state index contributed by atoms with van der Waals surface area (Å²) in [5.74, 6) is 2.03. The molecule has 0 aromatic carbocycles. The lowest BCUT2D eigenvalue weighted by molar-refractivity contribution is 0.270. The summed E-state index contributed by atoms with van der Waals surface area (Å²) in [6.45, 7) is 2.14. The van der Waals surface area contributed by atoms with Gasteiger partial charge in [-0.2, -0.15) is 4.98 Å². The monoisotopic (exact) mass is 264 g/mol. The molecule has 1 aliphatic heterocycles. The fourth-order valence-electron chi connectivity index (χ4n) is 3.37. The third-order valence-corrected chi connectivity index (χ3v) is 4.52. The Balaban J connectivity index is 1.72. The fraction of sp³-hybridized carbons (Fsp3) is 0.857. The molecule has 2 aliphatic rings. The number of rotatable bonds is 3. The smallest absolute Gasteiger partial charge is 0.266 e. The number of hydrogen-bond donors (Lipinski definition) is 1. The molecule has 2 atom stereocenters. The number of aromatic nitrogens is 2. The normalized spacial score (nSPS) is 28.6. The van der Waals surface area contributed by atoms with E-state index in [1.165, 1.54) is 38.5 Å². The van der Waals surface area contributed by atoms with E-state index in [0.717, 1.165) is 31.3 Å². The van der Waals surface area contributed by atoms with Crippen LogP contribution in [-0.4, -0.2) is 36.3 Å². The Labute approximate surface area is 114 Å². The molecule has 5 nitrogen and oxygen atoms in total. The van der Waals surface area contributed by atoms with E-state index in [9.17, 15) is 0 Å². The van der Waals surface area contributed by atoms with Gasteiger partial charge in [0, 0.05) is 19.1 Å². The summed E-state index contributed by atoms with van der Waals surface area (Å²) in [6, 6.07) is 0.489. The van der Waals surface area contributed by atoms with Gasteiger partial charge in [-0.3, -0.25) is 0 Å². The van der Waals surface area contributed by atoms with E-state index in [-0.39, 0.29) is 0 Å². The van der Waals surface area contributed by atoms with Crippen LogP contribution in [0.25, 0.3) is 0 Å². The van der Waals surface area contributed by atoms with Gasteiger partial charge in [0.05, 0.1) is 5.92 Å². The van der Waals surface area contributed by atoms with E-state index >= 15 is 0 Å². The predicted molar refractivity (Wildman–Crippen MR) is 74.4 cm³/mol. The number of nitrogens with one attached hydrogen (secondary N) is 1. The molecule has 1 saturated carbocycles. The first-order valence-electron chi connectivity index (χ1n) is 7.64. The van der Waals surface area contributed by atoms with E-state index in [0.29, 0.717) is 12.0 Å². The molecule has 0 spiro atoms. The number of likely N-dealkylation sites (N-methyl/N-ethyl adjacent to an activating group) is 1. The van der Waals surface area contributed by atoms with Gasteiger partial charge < -0.3 is 14.7 Å². The lowest BCUT2D eigenvalue weighted by Gasteiger charge is -2.28. The Kier molecular flexibility index (Phi) is 4.01. The number of piperidine rings is 1. The van der Waals surface area contributed by atoms with Crippen LogP contribution in [0.5, 0.6) is 0 Å². The van der Waals surface area contributed by atoms with Gasteiger partial charge in [-0.25, -0.2) is 0 Å². The van der Waals surface area contributed by atoms with Gasteiger partial charge in [0.15, 0.2) is 0 Å². The van der Waals surface area contributed by atoms with Gasteiger partial charge in [-0.05, 0) is 44.3 Å². The Hall–Kier alpha value is -1.10. The van der Waals surface area contributed by atoms with Gasteiger partial charge in [0.2, 0.25) is 5.89 Å². The molecule has 2 heterocycles. The maximum Gasteiger partial charge on any atom is 0.266 e. The molecule has 2 unspecified atom stereocenters. The topological polar surface area (TPSA) is 54.2 Å². The second-order valence-electron chi connectivity index (χ2n) is 5.77. The Morgan fingerprint density at radius 3 is 2.68 bits per heavy atom. The minimum Gasteiger partial charge on any atom is -0.338 e. The third-order valence-electron chi connectivity index (χ3n) is 4.52.